The van der Waals surface area contributed by atoms with E-state index in [9.17, 15) is 8.78 Å². The molecule has 0 aliphatic rings. The molecule has 0 saturated heterocycles. The molecule has 1 rings (SSSR count). The first-order valence-electron chi connectivity index (χ1n) is 2.57. The molecule has 0 atom stereocenters. The van der Waals surface area contributed by atoms with Crippen molar-refractivity contribution in [2.75, 3.05) is 0 Å². The largest absolute Gasteiger partial charge is 0.297 e. The fourth-order valence-corrected chi connectivity index (χ4v) is 0.790. The summed E-state index contributed by atoms with van der Waals surface area (Å²) in [4.78, 5) is 6.68. The Balaban J connectivity index is 3.05. The monoisotopic (exact) mass is 242 g/mol. The summed E-state index contributed by atoms with van der Waals surface area (Å²) in [6.07, 6.45) is -1.49. The number of hydrogen-bond acceptors (Lipinski definition) is 2. The van der Waals surface area contributed by atoms with Crippen molar-refractivity contribution in [1.29, 1.82) is 0 Å². The summed E-state index contributed by atoms with van der Waals surface area (Å²) < 4.78 is 24.2. The topological polar surface area (TPSA) is 25.8 Å². The molecule has 0 radical (unpaired) electrons. The molecule has 11 heavy (non-hydrogen) atoms. The van der Waals surface area contributed by atoms with E-state index < -0.39 is 12.2 Å². The lowest BCUT2D eigenvalue weighted by Gasteiger charge is -1.98. The van der Waals surface area contributed by atoms with Gasteiger partial charge in [0.2, 0.25) is 0 Å². The Labute approximate surface area is 74.7 Å². The number of aromatic nitrogens is 2. The highest BCUT2D eigenvalue weighted by Crippen LogP contribution is 2.21. The zero-order valence-corrected chi connectivity index (χ0v) is 7.40. The van der Waals surface area contributed by atoms with Crippen molar-refractivity contribution in [3.05, 3.63) is 21.6 Å². The van der Waals surface area contributed by atoms with Gasteiger partial charge in [-0.3, -0.25) is 0 Å². The number of nitrogens with zero attached hydrogens (tertiary/aromatic N) is 2. The van der Waals surface area contributed by atoms with Gasteiger partial charge in [0.15, 0.2) is 5.82 Å². The van der Waals surface area contributed by atoms with Crippen molar-refractivity contribution >= 4 is 27.5 Å². The highest BCUT2D eigenvalue weighted by atomic mass is 79.9. The fraction of sp³-hybridized carbons (Fsp3) is 0.200. The molecule has 0 unspecified atom stereocenters. The number of halogens is 4. The second-order valence-corrected chi connectivity index (χ2v) is 2.88. The normalized spacial score (nSPS) is 10.6. The lowest BCUT2D eigenvalue weighted by molar-refractivity contribution is 0.140. The SMILES string of the molecule is FC(F)c1ncc(Br)c(Cl)n1. The van der Waals surface area contributed by atoms with Crippen LogP contribution in [0.25, 0.3) is 0 Å². The van der Waals surface area contributed by atoms with Crippen molar-refractivity contribution in [1.82, 2.24) is 9.97 Å². The first-order chi connectivity index (χ1) is 5.11. The van der Waals surface area contributed by atoms with Gasteiger partial charge in [0, 0.05) is 6.20 Å². The third kappa shape index (κ3) is 2.07. The molecule has 2 nitrogen and oxygen atoms in total. The van der Waals surface area contributed by atoms with E-state index in [0.717, 1.165) is 0 Å². The molecule has 0 aliphatic heterocycles. The van der Waals surface area contributed by atoms with E-state index in [-0.39, 0.29) is 5.15 Å². The van der Waals surface area contributed by atoms with Crippen LogP contribution in [0.1, 0.15) is 12.2 Å². The molecule has 0 N–H and O–H groups in total. The molecule has 6 heteroatoms. The highest BCUT2D eigenvalue weighted by molar-refractivity contribution is 9.10. The molecule has 0 aromatic carbocycles. The Hall–Kier alpha value is -0.290. The minimum Gasteiger partial charge on any atom is -0.235 e. The molecular formula is C5H2BrClF2N2. The Morgan fingerprint density at radius 1 is 1.55 bits per heavy atom. The van der Waals surface area contributed by atoms with Gasteiger partial charge in [0.05, 0.1) is 4.47 Å². The molecular weight excluding hydrogens is 241 g/mol. The van der Waals surface area contributed by atoms with E-state index in [1.54, 1.807) is 0 Å². The molecule has 1 aromatic rings. The second kappa shape index (κ2) is 3.40. The van der Waals surface area contributed by atoms with Crippen LogP contribution in [-0.2, 0) is 0 Å². The Morgan fingerprint density at radius 3 is 2.64 bits per heavy atom. The third-order valence-corrected chi connectivity index (χ3v) is 2.01. The van der Waals surface area contributed by atoms with Crippen LogP contribution in [0.4, 0.5) is 8.78 Å². The summed E-state index contributed by atoms with van der Waals surface area (Å²) in [5.41, 5.74) is 0. The predicted molar refractivity (Wildman–Crippen MR) is 39.7 cm³/mol. The summed E-state index contributed by atoms with van der Waals surface area (Å²) in [5.74, 6) is -0.557. The van der Waals surface area contributed by atoms with Crippen LogP contribution in [0.15, 0.2) is 10.7 Å². The van der Waals surface area contributed by atoms with Gasteiger partial charge in [-0.05, 0) is 15.9 Å². The van der Waals surface area contributed by atoms with E-state index in [1.807, 2.05) is 0 Å². The summed E-state index contributed by atoms with van der Waals surface area (Å²) in [5, 5.41) is -0.00435. The maximum atomic E-state index is 11.9. The zero-order valence-electron chi connectivity index (χ0n) is 5.06. The molecule has 0 bridgehead atoms. The predicted octanol–water partition coefficient (Wildman–Crippen LogP) is 2.83. The van der Waals surface area contributed by atoms with E-state index in [2.05, 4.69) is 25.9 Å². The number of hydrogen-bond donors (Lipinski definition) is 0. The van der Waals surface area contributed by atoms with Crippen LogP contribution in [0.5, 0.6) is 0 Å². The van der Waals surface area contributed by atoms with Gasteiger partial charge in [-0.2, -0.15) is 0 Å². The van der Waals surface area contributed by atoms with E-state index in [4.69, 9.17) is 11.6 Å². The number of rotatable bonds is 1. The highest BCUT2D eigenvalue weighted by Gasteiger charge is 2.11. The van der Waals surface area contributed by atoms with Crippen LogP contribution >= 0.6 is 27.5 Å². The van der Waals surface area contributed by atoms with Crippen LogP contribution in [-0.4, -0.2) is 9.97 Å². The van der Waals surface area contributed by atoms with E-state index in [0.29, 0.717) is 4.47 Å². The second-order valence-electron chi connectivity index (χ2n) is 1.67. The lowest BCUT2D eigenvalue weighted by Crippen LogP contribution is -1.94. The van der Waals surface area contributed by atoms with E-state index >= 15 is 0 Å². The zero-order chi connectivity index (χ0) is 8.43. The average Bonchev–Trinajstić information content (AvgIpc) is 1.94. The maximum Gasteiger partial charge on any atom is 0.297 e. The Morgan fingerprint density at radius 2 is 2.18 bits per heavy atom. The first-order valence-corrected chi connectivity index (χ1v) is 3.74. The summed E-state index contributed by atoms with van der Waals surface area (Å²) in [7, 11) is 0. The molecule has 0 fully saturated rings. The van der Waals surface area contributed by atoms with Gasteiger partial charge in [-0.25, -0.2) is 18.7 Å². The standard InChI is InChI=1S/C5H2BrClF2N2/c6-2-1-10-5(4(8)9)11-3(2)7/h1,4H. The smallest absolute Gasteiger partial charge is 0.235 e. The maximum absolute atomic E-state index is 11.9. The molecule has 0 aliphatic carbocycles. The van der Waals surface area contributed by atoms with Crippen LogP contribution in [0, 0.1) is 0 Å². The van der Waals surface area contributed by atoms with Gasteiger partial charge in [-0.1, -0.05) is 11.6 Å². The summed E-state index contributed by atoms with van der Waals surface area (Å²) >= 11 is 8.40. The molecule has 60 valence electrons. The van der Waals surface area contributed by atoms with Crippen LogP contribution in [0.2, 0.25) is 5.15 Å². The van der Waals surface area contributed by atoms with Gasteiger partial charge in [0.25, 0.3) is 6.43 Å². The third-order valence-electron chi connectivity index (χ3n) is 0.915. The van der Waals surface area contributed by atoms with Gasteiger partial charge < -0.3 is 0 Å². The van der Waals surface area contributed by atoms with Gasteiger partial charge in [0.1, 0.15) is 5.15 Å². The van der Waals surface area contributed by atoms with E-state index in [1.165, 1.54) is 6.20 Å². The van der Waals surface area contributed by atoms with Crippen molar-refractivity contribution in [3.63, 3.8) is 0 Å². The van der Waals surface area contributed by atoms with Crippen LogP contribution < -0.4 is 0 Å². The Bertz CT molecular complexity index is 269. The minimum atomic E-state index is -2.68. The first kappa shape index (κ1) is 8.80. The molecule has 1 aromatic heterocycles. The molecule has 0 spiro atoms. The van der Waals surface area contributed by atoms with Crippen molar-refractivity contribution in [3.8, 4) is 0 Å². The van der Waals surface area contributed by atoms with Gasteiger partial charge in [-0.15, -0.1) is 0 Å². The number of alkyl halides is 2. The van der Waals surface area contributed by atoms with Crippen molar-refractivity contribution in [2.45, 2.75) is 6.43 Å². The van der Waals surface area contributed by atoms with Crippen LogP contribution in [0.3, 0.4) is 0 Å². The Kier molecular flexibility index (Phi) is 2.72. The fourth-order valence-electron chi connectivity index (χ4n) is 0.464. The van der Waals surface area contributed by atoms with Crippen molar-refractivity contribution in [2.24, 2.45) is 0 Å². The van der Waals surface area contributed by atoms with Crippen molar-refractivity contribution < 1.29 is 8.78 Å². The molecule has 1 heterocycles. The average molecular weight is 243 g/mol. The summed E-state index contributed by atoms with van der Waals surface area (Å²) in [6, 6.07) is 0. The molecule has 0 amide bonds. The van der Waals surface area contributed by atoms with Gasteiger partial charge >= 0.3 is 0 Å². The lowest BCUT2D eigenvalue weighted by atomic mass is 10.6. The molecule has 0 saturated carbocycles. The quantitative estimate of drug-likeness (QED) is 0.709. The summed E-state index contributed by atoms with van der Waals surface area (Å²) in [6.45, 7) is 0. The minimum absolute atomic E-state index is 0.00435.